The van der Waals surface area contributed by atoms with E-state index in [1.54, 1.807) is 43.3 Å². The van der Waals surface area contributed by atoms with E-state index in [0.29, 0.717) is 22.6 Å². The van der Waals surface area contributed by atoms with Gasteiger partial charge in [-0.15, -0.1) is 0 Å². The van der Waals surface area contributed by atoms with E-state index in [0.717, 1.165) is 0 Å². The number of nitrogens with zero attached hydrogens (tertiary/aromatic N) is 1. The minimum Gasteiger partial charge on any atom is -0.501 e. The number of aliphatic hydroxyl groups excluding tert-OH is 2. The molecule has 0 radical (unpaired) electrons. The van der Waals surface area contributed by atoms with Gasteiger partial charge >= 0.3 is 0 Å². The molecule has 1 aliphatic heterocycles. The lowest BCUT2D eigenvalue weighted by molar-refractivity contribution is -0.252. The fourth-order valence-corrected chi connectivity index (χ4v) is 4.87. The molecule has 2 rings (SSSR count). The molecule has 0 spiro atoms. The molecular weight excluding hydrogens is 493 g/mol. The highest BCUT2D eigenvalue weighted by molar-refractivity contribution is 7.57. The summed E-state index contributed by atoms with van der Waals surface area (Å²) in [6, 6.07) is 8.70. The van der Waals surface area contributed by atoms with Gasteiger partial charge in [-0.1, -0.05) is 58.9 Å². The molecule has 0 bridgehead atoms. The molecule has 0 amide bonds. The van der Waals surface area contributed by atoms with Gasteiger partial charge in [0, 0.05) is 12.6 Å². The summed E-state index contributed by atoms with van der Waals surface area (Å²) >= 11 is 0. The van der Waals surface area contributed by atoms with Gasteiger partial charge < -0.3 is 29.3 Å². The topological polar surface area (TPSA) is 129 Å². The van der Waals surface area contributed by atoms with Crippen LogP contribution in [0.15, 0.2) is 60.6 Å². The molecule has 1 aliphatic rings. The van der Waals surface area contributed by atoms with Crippen molar-refractivity contribution in [3.8, 4) is 6.07 Å². The lowest BCUT2D eigenvalue weighted by Crippen LogP contribution is -2.49. The van der Waals surface area contributed by atoms with Crippen molar-refractivity contribution in [3.63, 3.8) is 0 Å². The van der Waals surface area contributed by atoms with Crippen molar-refractivity contribution in [1.29, 1.82) is 5.26 Å². The summed E-state index contributed by atoms with van der Waals surface area (Å²) in [6.45, 7) is 13.7. The zero-order valence-electron chi connectivity index (χ0n) is 23.0. The lowest BCUT2D eigenvalue weighted by Gasteiger charge is -2.37. The summed E-state index contributed by atoms with van der Waals surface area (Å²) in [5.74, 6) is 0.937. The molecule has 8 nitrogen and oxygen atoms in total. The van der Waals surface area contributed by atoms with Crippen LogP contribution in [-0.2, 0) is 24.9 Å². The molecule has 0 saturated carbocycles. The Morgan fingerprint density at radius 3 is 2.46 bits per heavy atom. The minimum absolute atomic E-state index is 0.0626. The van der Waals surface area contributed by atoms with E-state index in [2.05, 4.69) is 20.4 Å². The summed E-state index contributed by atoms with van der Waals surface area (Å²) in [7, 11) is -2.07. The summed E-state index contributed by atoms with van der Waals surface area (Å²) < 4.78 is 29.2. The second kappa shape index (κ2) is 18.8. The lowest BCUT2D eigenvalue weighted by atomic mass is 10.0. The van der Waals surface area contributed by atoms with E-state index >= 15 is 0 Å². The molecule has 0 aromatic heterocycles. The number of rotatable bonds is 10. The molecule has 37 heavy (non-hydrogen) atoms. The molecule has 1 aromatic carbocycles. The van der Waals surface area contributed by atoms with Gasteiger partial charge in [0.25, 0.3) is 0 Å². The van der Waals surface area contributed by atoms with Crippen molar-refractivity contribution in [2.45, 2.75) is 84.6 Å². The zero-order chi connectivity index (χ0) is 28.4. The molecule has 0 aliphatic carbocycles. The van der Waals surface area contributed by atoms with Crippen LogP contribution in [0.3, 0.4) is 0 Å². The van der Waals surface area contributed by atoms with Crippen molar-refractivity contribution < 1.29 is 33.9 Å². The molecule has 3 N–H and O–H groups in total. The Morgan fingerprint density at radius 1 is 1.27 bits per heavy atom. The molecule has 1 saturated heterocycles. The minimum atomic E-state index is -3.60. The van der Waals surface area contributed by atoms with Crippen LogP contribution in [0, 0.1) is 11.3 Å². The Morgan fingerprint density at radius 2 is 1.89 bits per heavy atom. The predicted octanol–water partition coefficient (Wildman–Crippen LogP) is 5.63. The predicted molar refractivity (Wildman–Crippen MR) is 147 cm³/mol. The van der Waals surface area contributed by atoms with Crippen LogP contribution < -0.4 is 0 Å². The van der Waals surface area contributed by atoms with Gasteiger partial charge in [-0.3, -0.25) is 4.57 Å². The third kappa shape index (κ3) is 13.1. The van der Waals surface area contributed by atoms with Gasteiger partial charge in [0.15, 0.2) is 0 Å². The molecule has 5 unspecified atom stereocenters. The molecule has 208 valence electrons. The van der Waals surface area contributed by atoms with E-state index in [1.165, 1.54) is 19.6 Å². The highest BCUT2D eigenvalue weighted by Gasteiger charge is 2.39. The second-order valence-corrected chi connectivity index (χ2v) is 10.7. The smallest absolute Gasteiger partial charge is 0.228 e. The molecule has 1 heterocycles. The number of allylic oxidation sites excluding steroid dienone is 4. The van der Waals surface area contributed by atoms with Gasteiger partial charge in [0.1, 0.15) is 11.9 Å². The van der Waals surface area contributed by atoms with Gasteiger partial charge in [-0.05, 0) is 43.2 Å². The second-order valence-electron chi connectivity index (χ2n) is 8.29. The molecular formula is C28H44NO7P. The average Bonchev–Trinajstić information content (AvgIpc) is 2.89. The maximum absolute atomic E-state index is 12.7. The van der Waals surface area contributed by atoms with Crippen LogP contribution >= 0.6 is 7.37 Å². The maximum atomic E-state index is 12.7. The quantitative estimate of drug-likeness (QED) is 0.199. The van der Waals surface area contributed by atoms with Crippen LogP contribution in [0.4, 0.5) is 0 Å². The normalized spacial score (nSPS) is 23.1. The van der Waals surface area contributed by atoms with E-state index in [4.69, 9.17) is 14.2 Å². The third-order valence-electron chi connectivity index (χ3n) is 5.12. The highest BCUT2D eigenvalue weighted by atomic mass is 31.2. The molecule has 9 heteroatoms. The first kappa shape index (κ1) is 34.6. The third-order valence-corrected chi connectivity index (χ3v) is 6.91. The van der Waals surface area contributed by atoms with Crippen molar-refractivity contribution in [2.24, 2.45) is 0 Å². The van der Waals surface area contributed by atoms with Crippen LogP contribution in [0.1, 0.15) is 65.0 Å². The van der Waals surface area contributed by atoms with Gasteiger partial charge in [-0.25, -0.2) is 0 Å². The Bertz CT molecular complexity index is 954. The highest BCUT2D eigenvalue weighted by Crippen LogP contribution is 2.46. The van der Waals surface area contributed by atoms with E-state index in [9.17, 15) is 24.9 Å². The fourth-order valence-electron chi connectivity index (χ4n) is 3.21. The van der Waals surface area contributed by atoms with E-state index in [1.807, 2.05) is 19.9 Å². The van der Waals surface area contributed by atoms with E-state index < -0.39 is 32.0 Å². The van der Waals surface area contributed by atoms with Crippen molar-refractivity contribution in [2.75, 3.05) is 13.3 Å². The largest absolute Gasteiger partial charge is 0.501 e. The molecule has 5 atom stereocenters. The standard InChI is InChI=1S/C23H30NO7P.C3H8.C2H6/c1-4-19(10-9-16(2)29-3)30-23-22(26)21(25)13-20(31-23)11-12-32(27,28)15-18-8-6-5-7-17(18)14-24;1-3-2;1-2/h4-10,20-23,25-26H,1,11-13,15H2,2-3H3,(H,27,28);3H2,1-2H3;1-2H3/b16-9+,19-10+;;. The van der Waals surface area contributed by atoms with Gasteiger partial charge in [0.2, 0.25) is 13.7 Å². The van der Waals surface area contributed by atoms with Crippen LogP contribution in [0.2, 0.25) is 0 Å². The molecule has 1 fully saturated rings. The van der Waals surface area contributed by atoms with Crippen LogP contribution in [0.25, 0.3) is 0 Å². The SMILES string of the molecule is C=C/C(=C\C=C(/C)OC)OC1OC(CCP(=O)(O)Cc2ccccc2C#N)CC(O)C1O.CC.CCC. The van der Waals surface area contributed by atoms with Crippen LogP contribution in [0.5, 0.6) is 0 Å². The zero-order valence-corrected chi connectivity index (χ0v) is 23.9. The average molecular weight is 538 g/mol. The summed E-state index contributed by atoms with van der Waals surface area (Å²) in [4.78, 5) is 10.4. The monoisotopic (exact) mass is 537 g/mol. The summed E-state index contributed by atoms with van der Waals surface area (Å²) in [6.07, 6.45) is 1.87. The Hall–Kier alpha value is -2.40. The Kier molecular flexibility index (Phi) is 17.6. The van der Waals surface area contributed by atoms with Gasteiger partial charge in [0.05, 0.1) is 42.9 Å². The number of hydrogen-bond donors (Lipinski definition) is 3. The first-order chi connectivity index (χ1) is 17.6. The number of nitriles is 1. The number of aliphatic hydroxyl groups is 2. The van der Waals surface area contributed by atoms with Crippen molar-refractivity contribution >= 4 is 7.37 Å². The Balaban J connectivity index is 0.00000241. The number of ether oxygens (including phenoxy) is 3. The molecule has 1 aromatic rings. The maximum Gasteiger partial charge on any atom is 0.228 e. The number of hydrogen-bond acceptors (Lipinski definition) is 7. The van der Waals surface area contributed by atoms with E-state index in [-0.39, 0.29) is 25.2 Å². The van der Waals surface area contributed by atoms with Crippen molar-refractivity contribution in [3.05, 3.63) is 71.7 Å². The number of methoxy groups -OCH3 is 1. The summed E-state index contributed by atoms with van der Waals surface area (Å²) in [5, 5.41) is 29.7. The van der Waals surface area contributed by atoms with Gasteiger partial charge in [-0.2, -0.15) is 5.26 Å². The first-order valence-corrected chi connectivity index (χ1v) is 14.7. The summed E-state index contributed by atoms with van der Waals surface area (Å²) in [5.41, 5.74) is 0.881. The Labute approximate surface area is 222 Å². The number of benzene rings is 1. The first-order valence-electron chi connectivity index (χ1n) is 12.6. The fraction of sp³-hybridized carbons (Fsp3) is 0.536. The van der Waals surface area contributed by atoms with Crippen molar-refractivity contribution in [1.82, 2.24) is 0 Å². The van der Waals surface area contributed by atoms with Crippen LogP contribution in [-0.4, -0.2) is 53.0 Å².